The van der Waals surface area contributed by atoms with Crippen molar-refractivity contribution < 1.29 is 19.0 Å². The number of hydrazine groups is 1. The van der Waals surface area contributed by atoms with Gasteiger partial charge in [-0.3, -0.25) is 15.6 Å². The number of nitrogens with one attached hydrogen (secondary N) is 3. The van der Waals surface area contributed by atoms with E-state index in [-0.39, 0.29) is 5.11 Å². The third-order valence-corrected chi connectivity index (χ3v) is 3.80. The largest absolute Gasteiger partial charge is 0.497 e. The first-order chi connectivity index (χ1) is 12.6. The van der Waals surface area contributed by atoms with Crippen LogP contribution >= 0.6 is 12.2 Å². The second-order valence-electron chi connectivity index (χ2n) is 5.18. The fourth-order valence-electron chi connectivity index (χ4n) is 2.14. The van der Waals surface area contributed by atoms with Crippen molar-refractivity contribution in [3.05, 3.63) is 53.6 Å². The van der Waals surface area contributed by atoms with Crippen LogP contribution in [0.3, 0.4) is 0 Å². The molecule has 0 fully saturated rings. The summed E-state index contributed by atoms with van der Waals surface area (Å²) in [6.07, 6.45) is 0. The Morgan fingerprint density at radius 2 is 1.58 bits per heavy atom. The van der Waals surface area contributed by atoms with Gasteiger partial charge in [0.25, 0.3) is 5.91 Å². The van der Waals surface area contributed by atoms with Crippen molar-refractivity contribution in [2.75, 3.05) is 21.3 Å². The third-order valence-electron chi connectivity index (χ3n) is 3.55. The summed E-state index contributed by atoms with van der Waals surface area (Å²) < 4.78 is 15.4. The van der Waals surface area contributed by atoms with E-state index in [1.54, 1.807) is 25.3 Å². The maximum atomic E-state index is 12.3. The molecule has 7 nitrogen and oxygen atoms in total. The SMILES string of the molecule is COc1ccc(CNC(=S)NNC(=O)c2cc(OC)ccc2OC)cc1. The predicted octanol–water partition coefficient (Wildman–Crippen LogP) is 2.02. The molecule has 0 spiro atoms. The molecule has 0 atom stereocenters. The summed E-state index contributed by atoms with van der Waals surface area (Å²) >= 11 is 5.16. The normalized spacial score (nSPS) is 9.81. The number of carbonyl (C=O) groups is 1. The molecule has 0 saturated heterocycles. The van der Waals surface area contributed by atoms with Gasteiger partial charge in [-0.1, -0.05) is 12.1 Å². The molecule has 2 aromatic rings. The number of amides is 1. The lowest BCUT2D eigenvalue weighted by molar-refractivity contribution is 0.0940. The van der Waals surface area contributed by atoms with Crippen LogP contribution in [0.2, 0.25) is 0 Å². The molecule has 0 saturated carbocycles. The number of thiocarbonyl (C=S) groups is 1. The molecular formula is C18H21N3O4S. The van der Waals surface area contributed by atoms with Crippen molar-refractivity contribution in [1.29, 1.82) is 0 Å². The lowest BCUT2D eigenvalue weighted by Gasteiger charge is -2.14. The average Bonchev–Trinajstić information content (AvgIpc) is 2.70. The Morgan fingerprint density at radius 3 is 2.19 bits per heavy atom. The molecule has 0 aliphatic heterocycles. The molecule has 138 valence electrons. The van der Waals surface area contributed by atoms with E-state index in [1.807, 2.05) is 24.3 Å². The zero-order valence-electron chi connectivity index (χ0n) is 14.8. The molecule has 2 rings (SSSR count). The second-order valence-corrected chi connectivity index (χ2v) is 5.58. The van der Waals surface area contributed by atoms with Crippen LogP contribution in [-0.2, 0) is 6.54 Å². The topological polar surface area (TPSA) is 80.9 Å². The van der Waals surface area contributed by atoms with E-state index in [9.17, 15) is 4.79 Å². The Bertz CT molecular complexity index is 766. The van der Waals surface area contributed by atoms with Gasteiger partial charge >= 0.3 is 0 Å². The number of hydrogen-bond acceptors (Lipinski definition) is 5. The molecule has 0 radical (unpaired) electrons. The minimum atomic E-state index is -0.394. The monoisotopic (exact) mass is 375 g/mol. The third kappa shape index (κ3) is 5.25. The first-order valence-corrected chi connectivity index (χ1v) is 8.17. The highest BCUT2D eigenvalue weighted by molar-refractivity contribution is 7.80. The van der Waals surface area contributed by atoms with Gasteiger partial charge in [0.05, 0.1) is 26.9 Å². The molecule has 8 heteroatoms. The molecule has 0 aliphatic carbocycles. The van der Waals surface area contributed by atoms with Crippen molar-refractivity contribution >= 4 is 23.2 Å². The van der Waals surface area contributed by atoms with Crippen LogP contribution < -0.4 is 30.4 Å². The van der Waals surface area contributed by atoms with Gasteiger partial charge in [0, 0.05) is 6.54 Å². The summed E-state index contributed by atoms with van der Waals surface area (Å²) in [6, 6.07) is 12.5. The highest BCUT2D eigenvalue weighted by Gasteiger charge is 2.13. The van der Waals surface area contributed by atoms with Gasteiger partial charge in [0.2, 0.25) is 0 Å². The average molecular weight is 375 g/mol. The molecule has 0 aromatic heterocycles. The van der Waals surface area contributed by atoms with Gasteiger partial charge in [-0.25, -0.2) is 0 Å². The molecule has 1 amide bonds. The fourth-order valence-corrected chi connectivity index (χ4v) is 2.27. The van der Waals surface area contributed by atoms with Gasteiger partial charge in [0.15, 0.2) is 5.11 Å². The van der Waals surface area contributed by atoms with Crippen LogP contribution in [-0.4, -0.2) is 32.3 Å². The van der Waals surface area contributed by atoms with E-state index in [1.165, 1.54) is 14.2 Å². The van der Waals surface area contributed by atoms with Gasteiger partial charge in [-0.2, -0.15) is 0 Å². The summed E-state index contributed by atoms with van der Waals surface area (Å²) in [7, 11) is 4.64. The highest BCUT2D eigenvalue weighted by Crippen LogP contribution is 2.23. The summed E-state index contributed by atoms with van der Waals surface area (Å²) in [6.45, 7) is 0.508. The predicted molar refractivity (Wildman–Crippen MR) is 103 cm³/mol. The molecule has 26 heavy (non-hydrogen) atoms. The Kier molecular flexibility index (Phi) is 7.04. The maximum absolute atomic E-state index is 12.3. The number of rotatable bonds is 6. The van der Waals surface area contributed by atoms with Crippen molar-refractivity contribution in [2.24, 2.45) is 0 Å². The van der Waals surface area contributed by atoms with Crippen LogP contribution in [0.15, 0.2) is 42.5 Å². The van der Waals surface area contributed by atoms with Crippen LogP contribution in [0, 0.1) is 0 Å². The minimum Gasteiger partial charge on any atom is -0.497 e. The number of benzene rings is 2. The molecule has 2 aromatic carbocycles. The smallest absolute Gasteiger partial charge is 0.273 e. The van der Waals surface area contributed by atoms with Crippen molar-refractivity contribution in [2.45, 2.75) is 6.54 Å². The van der Waals surface area contributed by atoms with E-state index in [2.05, 4.69) is 16.2 Å². The fraction of sp³-hybridized carbons (Fsp3) is 0.222. The molecule has 3 N–H and O–H groups in total. The zero-order chi connectivity index (χ0) is 18.9. The number of methoxy groups -OCH3 is 3. The zero-order valence-corrected chi connectivity index (χ0v) is 15.6. The Morgan fingerprint density at radius 1 is 0.923 bits per heavy atom. The first kappa shape index (κ1) is 19.3. The Hall–Kier alpha value is -3.00. The Labute approximate surface area is 157 Å². The van der Waals surface area contributed by atoms with Gasteiger partial charge in [0.1, 0.15) is 17.2 Å². The lowest BCUT2D eigenvalue weighted by Crippen LogP contribution is -2.46. The summed E-state index contributed by atoms with van der Waals surface area (Å²) in [5.41, 5.74) is 6.55. The maximum Gasteiger partial charge on any atom is 0.273 e. The van der Waals surface area contributed by atoms with E-state index in [0.717, 1.165) is 11.3 Å². The molecule has 0 aliphatic rings. The van der Waals surface area contributed by atoms with Crippen molar-refractivity contribution in [3.8, 4) is 17.2 Å². The number of ether oxygens (including phenoxy) is 3. The van der Waals surface area contributed by atoms with Crippen LogP contribution in [0.4, 0.5) is 0 Å². The van der Waals surface area contributed by atoms with Crippen LogP contribution in [0.1, 0.15) is 15.9 Å². The van der Waals surface area contributed by atoms with E-state index >= 15 is 0 Å². The standard InChI is InChI=1S/C18H21N3O4S/c1-23-13-6-4-12(5-7-13)11-19-18(26)21-20-17(22)15-10-14(24-2)8-9-16(15)25-3/h4-10H,11H2,1-3H3,(H,20,22)(H2,19,21,26). The van der Waals surface area contributed by atoms with Crippen LogP contribution in [0.5, 0.6) is 17.2 Å². The summed E-state index contributed by atoms with van der Waals surface area (Å²) in [5, 5.41) is 3.29. The van der Waals surface area contributed by atoms with E-state index in [0.29, 0.717) is 23.6 Å². The van der Waals surface area contributed by atoms with Gasteiger partial charge in [-0.05, 0) is 48.1 Å². The van der Waals surface area contributed by atoms with Crippen molar-refractivity contribution in [3.63, 3.8) is 0 Å². The highest BCUT2D eigenvalue weighted by atomic mass is 32.1. The second kappa shape index (κ2) is 9.47. The van der Waals surface area contributed by atoms with Gasteiger partial charge in [-0.15, -0.1) is 0 Å². The quantitative estimate of drug-likeness (QED) is 0.526. The molecule has 0 unspecified atom stereocenters. The minimum absolute atomic E-state index is 0.288. The summed E-state index contributed by atoms with van der Waals surface area (Å²) in [4.78, 5) is 12.3. The van der Waals surface area contributed by atoms with Crippen molar-refractivity contribution in [1.82, 2.24) is 16.2 Å². The molecule has 0 heterocycles. The molecule has 0 bridgehead atoms. The van der Waals surface area contributed by atoms with Gasteiger partial charge < -0.3 is 19.5 Å². The Balaban J connectivity index is 1.87. The van der Waals surface area contributed by atoms with Crippen LogP contribution in [0.25, 0.3) is 0 Å². The summed E-state index contributed by atoms with van der Waals surface area (Å²) in [5.74, 6) is 1.38. The van der Waals surface area contributed by atoms with E-state index < -0.39 is 5.91 Å². The number of carbonyl (C=O) groups excluding carboxylic acids is 1. The first-order valence-electron chi connectivity index (χ1n) is 7.76. The lowest BCUT2D eigenvalue weighted by atomic mass is 10.2. The van der Waals surface area contributed by atoms with E-state index in [4.69, 9.17) is 26.4 Å². The number of hydrogen-bond donors (Lipinski definition) is 3. The molecular weight excluding hydrogens is 354 g/mol.